The molecular formula is C14H27N3O2. The zero-order chi connectivity index (χ0) is 14.2. The Balaban J connectivity index is 2.02. The van der Waals surface area contributed by atoms with E-state index in [2.05, 4.69) is 6.92 Å². The Labute approximate surface area is 115 Å². The van der Waals surface area contributed by atoms with Crippen molar-refractivity contribution in [3.05, 3.63) is 5.21 Å². The lowest BCUT2D eigenvalue weighted by Crippen LogP contribution is -3.13. The molecule has 110 valence electrons. The number of nitrogens with one attached hydrogen (secondary N) is 1. The summed E-state index contributed by atoms with van der Waals surface area (Å²) < 4.78 is 0. The van der Waals surface area contributed by atoms with Crippen LogP contribution in [0.5, 0.6) is 0 Å². The summed E-state index contributed by atoms with van der Waals surface area (Å²) in [5.74, 6) is 0.360. The highest BCUT2D eigenvalue weighted by atomic mass is 16.5. The van der Waals surface area contributed by atoms with E-state index in [4.69, 9.17) is 5.73 Å². The Kier molecular flexibility index (Phi) is 4.18. The molecule has 0 radical (unpaired) electrons. The van der Waals surface area contributed by atoms with E-state index >= 15 is 0 Å². The third-order valence-corrected chi connectivity index (χ3v) is 5.01. The molecule has 2 saturated heterocycles. The second-order valence-electron chi connectivity index (χ2n) is 6.78. The maximum absolute atomic E-state index is 12.7. The van der Waals surface area contributed by atoms with Crippen LogP contribution in [0.4, 0.5) is 0 Å². The number of likely N-dealkylation sites (tertiary alicyclic amines) is 1. The van der Waals surface area contributed by atoms with Crippen molar-refractivity contribution in [2.75, 3.05) is 19.6 Å². The standard InChI is InChI=1S/C14H27N3O2/c1-10-4-7-17(19)11(2)12(10)13(18)16-8-5-14(3,15)6-9-16/h10-12,17H,4-9,15H2,1-3H3/t10-,11?,12?/m1/s1. The van der Waals surface area contributed by atoms with E-state index in [0.717, 1.165) is 32.4 Å². The molecule has 0 spiro atoms. The largest absolute Gasteiger partial charge is 0.634 e. The third kappa shape index (κ3) is 3.09. The van der Waals surface area contributed by atoms with Crippen LogP contribution in [-0.4, -0.2) is 42.0 Å². The van der Waals surface area contributed by atoms with Crippen LogP contribution in [0, 0.1) is 17.0 Å². The molecule has 0 aromatic heterocycles. The number of carbonyl (C=O) groups excluding carboxylic acids is 1. The van der Waals surface area contributed by atoms with Gasteiger partial charge in [0.05, 0.1) is 18.5 Å². The molecule has 2 aliphatic heterocycles. The average Bonchev–Trinajstić information content (AvgIpc) is 2.34. The lowest BCUT2D eigenvalue weighted by atomic mass is 9.80. The van der Waals surface area contributed by atoms with Crippen molar-refractivity contribution in [3.63, 3.8) is 0 Å². The summed E-state index contributed by atoms with van der Waals surface area (Å²) in [5, 5.41) is 12.1. The molecule has 0 aromatic carbocycles. The predicted octanol–water partition coefficient (Wildman–Crippen LogP) is -0.247. The molecule has 3 unspecified atom stereocenters. The van der Waals surface area contributed by atoms with Gasteiger partial charge in [0.1, 0.15) is 0 Å². The second-order valence-corrected chi connectivity index (χ2v) is 6.78. The minimum Gasteiger partial charge on any atom is -0.634 e. The summed E-state index contributed by atoms with van der Waals surface area (Å²) >= 11 is 0. The van der Waals surface area contributed by atoms with Crippen LogP contribution in [0.1, 0.15) is 40.0 Å². The lowest BCUT2D eigenvalue weighted by Gasteiger charge is -2.45. The van der Waals surface area contributed by atoms with Gasteiger partial charge in [-0.05, 0) is 32.6 Å². The van der Waals surface area contributed by atoms with Crippen molar-refractivity contribution >= 4 is 5.91 Å². The molecule has 2 aliphatic rings. The van der Waals surface area contributed by atoms with Crippen LogP contribution in [-0.2, 0) is 4.79 Å². The van der Waals surface area contributed by atoms with Gasteiger partial charge in [0.15, 0.2) is 0 Å². The molecular weight excluding hydrogens is 242 g/mol. The average molecular weight is 269 g/mol. The van der Waals surface area contributed by atoms with Crippen molar-refractivity contribution < 1.29 is 9.86 Å². The van der Waals surface area contributed by atoms with Gasteiger partial charge >= 0.3 is 0 Å². The molecule has 0 saturated carbocycles. The normalized spacial score (nSPS) is 39.1. The summed E-state index contributed by atoms with van der Waals surface area (Å²) in [4.78, 5) is 14.6. The molecule has 0 aliphatic carbocycles. The Morgan fingerprint density at radius 3 is 2.53 bits per heavy atom. The molecule has 2 fully saturated rings. The monoisotopic (exact) mass is 269 g/mol. The summed E-state index contributed by atoms with van der Waals surface area (Å²) in [7, 11) is 0. The minimum atomic E-state index is -0.142. The number of amides is 1. The van der Waals surface area contributed by atoms with Gasteiger partial charge in [0.2, 0.25) is 5.91 Å². The van der Waals surface area contributed by atoms with Gasteiger partial charge in [-0.15, -0.1) is 0 Å². The SMILES string of the molecule is CC1C(C(=O)N2CCC(C)(N)CC2)[C@H](C)CC[NH+]1[O-]. The number of quaternary nitrogens is 1. The fourth-order valence-electron chi connectivity index (χ4n) is 3.38. The number of hydroxylamine groups is 2. The first-order valence-corrected chi connectivity index (χ1v) is 7.42. The highest BCUT2D eigenvalue weighted by Gasteiger charge is 2.41. The maximum Gasteiger partial charge on any atom is 0.231 e. The van der Waals surface area contributed by atoms with Crippen LogP contribution in [0.2, 0.25) is 0 Å². The van der Waals surface area contributed by atoms with Gasteiger partial charge in [-0.25, -0.2) is 0 Å². The number of nitrogens with two attached hydrogens (primary N) is 1. The maximum atomic E-state index is 12.7. The van der Waals surface area contributed by atoms with Gasteiger partial charge in [-0.1, -0.05) is 6.92 Å². The molecule has 1 amide bonds. The first-order valence-electron chi connectivity index (χ1n) is 7.42. The van der Waals surface area contributed by atoms with Gasteiger partial charge in [-0.2, -0.15) is 0 Å². The number of hydrogen-bond acceptors (Lipinski definition) is 3. The second kappa shape index (κ2) is 5.38. The van der Waals surface area contributed by atoms with E-state index in [9.17, 15) is 10.0 Å². The number of carbonyl (C=O) groups is 1. The zero-order valence-corrected chi connectivity index (χ0v) is 12.3. The quantitative estimate of drug-likeness (QED) is 0.645. The molecule has 3 N–H and O–H groups in total. The fourth-order valence-corrected chi connectivity index (χ4v) is 3.38. The molecule has 5 nitrogen and oxygen atoms in total. The molecule has 0 aromatic rings. The van der Waals surface area contributed by atoms with Crippen LogP contribution >= 0.6 is 0 Å². The van der Waals surface area contributed by atoms with Crippen molar-refractivity contribution in [2.24, 2.45) is 17.6 Å². The van der Waals surface area contributed by atoms with Crippen LogP contribution < -0.4 is 10.8 Å². The van der Waals surface area contributed by atoms with E-state index < -0.39 is 0 Å². The number of rotatable bonds is 1. The predicted molar refractivity (Wildman–Crippen MR) is 74.3 cm³/mol. The molecule has 19 heavy (non-hydrogen) atoms. The number of piperidine rings is 2. The zero-order valence-electron chi connectivity index (χ0n) is 12.3. The first-order chi connectivity index (χ1) is 8.82. The number of nitrogens with zero attached hydrogens (tertiary/aromatic N) is 1. The van der Waals surface area contributed by atoms with Gasteiger partial charge in [0, 0.05) is 25.0 Å². The van der Waals surface area contributed by atoms with Crippen LogP contribution in [0.15, 0.2) is 0 Å². The van der Waals surface area contributed by atoms with Crippen molar-refractivity contribution in [3.8, 4) is 0 Å². The fraction of sp³-hybridized carbons (Fsp3) is 0.929. The Morgan fingerprint density at radius 2 is 1.95 bits per heavy atom. The topological polar surface area (TPSA) is 73.8 Å². The van der Waals surface area contributed by atoms with Crippen LogP contribution in [0.25, 0.3) is 0 Å². The molecule has 2 rings (SSSR count). The highest BCUT2D eigenvalue weighted by Crippen LogP contribution is 2.26. The van der Waals surface area contributed by atoms with Crippen molar-refractivity contribution in [2.45, 2.75) is 51.6 Å². The third-order valence-electron chi connectivity index (χ3n) is 5.01. The van der Waals surface area contributed by atoms with Gasteiger partial charge in [-0.3, -0.25) is 4.79 Å². The van der Waals surface area contributed by atoms with Gasteiger partial charge < -0.3 is 20.9 Å². The number of hydrogen-bond donors (Lipinski definition) is 2. The van der Waals surface area contributed by atoms with E-state index in [1.807, 2.05) is 18.7 Å². The van der Waals surface area contributed by atoms with E-state index in [-0.39, 0.29) is 28.5 Å². The molecule has 5 heteroatoms. The molecule has 4 atom stereocenters. The molecule has 0 bridgehead atoms. The summed E-state index contributed by atoms with van der Waals surface area (Å²) in [6.45, 7) is 8.16. The minimum absolute atomic E-state index is 0.122. The Morgan fingerprint density at radius 1 is 1.37 bits per heavy atom. The first kappa shape index (κ1) is 14.8. The van der Waals surface area contributed by atoms with E-state index in [1.165, 1.54) is 0 Å². The van der Waals surface area contributed by atoms with Crippen LogP contribution in [0.3, 0.4) is 0 Å². The van der Waals surface area contributed by atoms with Crippen molar-refractivity contribution in [1.29, 1.82) is 0 Å². The lowest BCUT2D eigenvalue weighted by molar-refractivity contribution is -0.884. The Bertz CT molecular complexity index is 336. The summed E-state index contributed by atoms with van der Waals surface area (Å²) in [5.41, 5.74) is 5.96. The Hall–Kier alpha value is -0.650. The van der Waals surface area contributed by atoms with Crippen molar-refractivity contribution in [1.82, 2.24) is 4.90 Å². The van der Waals surface area contributed by atoms with E-state index in [1.54, 1.807) is 0 Å². The van der Waals surface area contributed by atoms with Gasteiger partial charge in [0.25, 0.3) is 0 Å². The summed E-state index contributed by atoms with van der Waals surface area (Å²) in [6, 6.07) is -0.123. The van der Waals surface area contributed by atoms with E-state index in [0.29, 0.717) is 12.5 Å². The summed E-state index contributed by atoms with van der Waals surface area (Å²) in [6.07, 6.45) is 2.55. The highest BCUT2D eigenvalue weighted by molar-refractivity contribution is 5.80. The molecule has 2 heterocycles. The smallest absolute Gasteiger partial charge is 0.231 e.